The number of carbonyl (C=O) groups excluding carboxylic acids is 1. The summed E-state index contributed by atoms with van der Waals surface area (Å²) in [6.45, 7) is 2.23. The number of likely N-dealkylation sites (N-methyl/N-ethyl adjacent to an activating group) is 1. The van der Waals surface area contributed by atoms with Crippen LogP contribution in [-0.4, -0.2) is 37.0 Å². The molecule has 5 heteroatoms. The Morgan fingerprint density at radius 1 is 1.25 bits per heavy atom. The molecular weight excluding hydrogens is 368 g/mol. The summed E-state index contributed by atoms with van der Waals surface area (Å²) in [6, 6.07) is 15.6. The van der Waals surface area contributed by atoms with Crippen LogP contribution in [0.25, 0.3) is 0 Å². The van der Waals surface area contributed by atoms with Crippen LogP contribution in [0.4, 0.5) is 0 Å². The molecule has 1 aliphatic heterocycles. The lowest BCUT2D eigenvalue weighted by atomic mass is 10.1. The summed E-state index contributed by atoms with van der Waals surface area (Å²) in [5.41, 5.74) is 1.66. The molecule has 24 heavy (non-hydrogen) atoms. The summed E-state index contributed by atoms with van der Waals surface area (Å²) < 4.78 is 6.95. The fraction of sp³-hybridized carbons (Fsp3) is 0.316. The van der Waals surface area contributed by atoms with Crippen LogP contribution in [0.2, 0.25) is 0 Å². The monoisotopic (exact) mass is 388 g/mol. The second-order valence-electron chi connectivity index (χ2n) is 5.94. The average molecular weight is 389 g/mol. The normalized spacial score (nSPS) is 16.8. The van der Waals surface area contributed by atoms with Crippen LogP contribution in [0.3, 0.4) is 0 Å². The zero-order valence-corrected chi connectivity index (χ0v) is 15.3. The first-order valence-electron chi connectivity index (χ1n) is 8.10. The number of rotatable bonds is 5. The van der Waals surface area contributed by atoms with Gasteiger partial charge in [0.1, 0.15) is 12.4 Å². The number of para-hydroxylation sites is 1. The van der Waals surface area contributed by atoms with E-state index in [9.17, 15) is 4.79 Å². The van der Waals surface area contributed by atoms with Gasteiger partial charge in [-0.3, -0.25) is 4.79 Å². The SMILES string of the molecule is CN(C(=O)c1ccccc1OCc1ccccc1Br)C1CCNC1. The van der Waals surface area contributed by atoms with E-state index in [-0.39, 0.29) is 11.9 Å². The zero-order chi connectivity index (χ0) is 16.9. The topological polar surface area (TPSA) is 41.6 Å². The maximum absolute atomic E-state index is 12.8. The van der Waals surface area contributed by atoms with E-state index in [4.69, 9.17) is 4.74 Å². The van der Waals surface area contributed by atoms with E-state index in [1.165, 1.54) is 0 Å². The van der Waals surface area contributed by atoms with Gasteiger partial charge in [0.05, 0.1) is 5.56 Å². The largest absolute Gasteiger partial charge is 0.488 e. The highest BCUT2D eigenvalue weighted by Crippen LogP contribution is 2.24. The Kier molecular flexibility index (Phi) is 5.53. The van der Waals surface area contributed by atoms with Gasteiger partial charge in [0, 0.05) is 29.7 Å². The molecule has 1 N–H and O–H groups in total. The van der Waals surface area contributed by atoms with Crippen molar-refractivity contribution in [3.8, 4) is 5.75 Å². The first-order chi connectivity index (χ1) is 11.7. The number of benzene rings is 2. The van der Waals surface area contributed by atoms with E-state index in [2.05, 4.69) is 21.2 Å². The van der Waals surface area contributed by atoms with Gasteiger partial charge < -0.3 is 15.0 Å². The number of ether oxygens (including phenoxy) is 1. The van der Waals surface area contributed by atoms with Gasteiger partial charge in [-0.1, -0.05) is 46.3 Å². The molecule has 0 bridgehead atoms. The maximum atomic E-state index is 12.8. The fourth-order valence-corrected chi connectivity index (χ4v) is 3.27. The maximum Gasteiger partial charge on any atom is 0.257 e. The lowest BCUT2D eigenvalue weighted by Gasteiger charge is -2.24. The molecule has 0 aromatic heterocycles. The van der Waals surface area contributed by atoms with Crippen LogP contribution in [0.5, 0.6) is 5.75 Å². The van der Waals surface area contributed by atoms with E-state index in [1.54, 1.807) is 0 Å². The number of carbonyl (C=O) groups is 1. The lowest BCUT2D eigenvalue weighted by molar-refractivity contribution is 0.0739. The molecular formula is C19H21BrN2O2. The summed E-state index contributed by atoms with van der Waals surface area (Å²) in [4.78, 5) is 14.7. The Hall–Kier alpha value is -1.85. The predicted molar refractivity (Wildman–Crippen MR) is 98.3 cm³/mol. The molecule has 1 amide bonds. The molecule has 3 rings (SSSR count). The molecule has 126 valence electrons. The van der Waals surface area contributed by atoms with Crippen LogP contribution in [-0.2, 0) is 6.61 Å². The molecule has 1 fully saturated rings. The average Bonchev–Trinajstić information content (AvgIpc) is 3.15. The van der Waals surface area contributed by atoms with Crippen molar-refractivity contribution in [3.63, 3.8) is 0 Å². The van der Waals surface area contributed by atoms with Crippen LogP contribution in [0, 0.1) is 0 Å². The Bertz CT molecular complexity index is 714. The van der Waals surface area contributed by atoms with Crippen molar-refractivity contribution < 1.29 is 9.53 Å². The van der Waals surface area contributed by atoms with Crippen molar-refractivity contribution >= 4 is 21.8 Å². The molecule has 1 atom stereocenters. The fourth-order valence-electron chi connectivity index (χ4n) is 2.87. The quantitative estimate of drug-likeness (QED) is 0.852. The standard InChI is InChI=1S/C19H21BrN2O2/c1-22(15-10-11-21-12-15)19(23)16-7-3-5-9-18(16)24-13-14-6-2-4-8-17(14)20/h2-9,15,21H,10-13H2,1H3. The smallest absolute Gasteiger partial charge is 0.257 e. The van der Waals surface area contributed by atoms with Crippen molar-refractivity contribution in [2.75, 3.05) is 20.1 Å². The van der Waals surface area contributed by atoms with Gasteiger partial charge >= 0.3 is 0 Å². The Morgan fingerprint density at radius 3 is 2.75 bits per heavy atom. The van der Waals surface area contributed by atoms with E-state index in [0.29, 0.717) is 17.9 Å². The predicted octanol–water partition coefficient (Wildman–Crippen LogP) is 3.46. The highest BCUT2D eigenvalue weighted by atomic mass is 79.9. The third-order valence-electron chi connectivity index (χ3n) is 4.36. The molecule has 1 saturated heterocycles. The molecule has 0 aliphatic carbocycles. The van der Waals surface area contributed by atoms with Crippen molar-refractivity contribution in [3.05, 3.63) is 64.1 Å². The second-order valence-corrected chi connectivity index (χ2v) is 6.79. The zero-order valence-electron chi connectivity index (χ0n) is 13.7. The van der Waals surface area contributed by atoms with Crippen molar-refractivity contribution in [2.45, 2.75) is 19.1 Å². The highest BCUT2D eigenvalue weighted by molar-refractivity contribution is 9.10. The third kappa shape index (κ3) is 3.79. The summed E-state index contributed by atoms with van der Waals surface area (Å²) in [6.07, 6.45) is 0.988. The van der Waals surface area contributed by atoms with Gasteiger partial charge in [0.25, 0.3) is 5.91 Å². The number of halogens is 1. The molecule has 2 aromatic carbocycles. The molecule has 1 aliphatic rings. The summed E-state index contributed by atoms with van der Waals surface area (Å²) in [5, 5.41) is 3.30. The highest BCUT2D eigenvalue weighted by Gasteiger charge is 2.25. The van der Waals surface area contributed by atoms with Gasteiger partial charge in [0.2, 0.25) is 0 Å². The van der Waals surface area contributed by atoms with Gasteiger partial charge in [-0.2, -0.15) is 0 Å². The summed E-state index contributed by atoms with van der Waals surface area (Å²) in [5.74, 6) is 0.627. The Balaban J connectivity index is 1.75. The molecule has 0 spiro atoms. The van der Waals surface area contributed by atoms with Crippen LogP contribution >= 0.6 is 15.9 Å². The summed E-state index contributed by atoms with van der Waals surface area (Å²) in [7, 11) is 1.87. The molecule has 1 heterocycles. The number of hydrogen-bond donors (Lipinski definition) is 1. The van der Waals surface area contributed by atoms with Crippen molar-refractivity contribution in [1.29, 1.82) is 0 Å². The van der Waals surface area contributed by atoms with Gasteiger partial charge in [-0.25, -0.2) is 0 Å². The van der Waals surface area contributed by atoms with Gasteiger partial charge in [-0.15, -0.1) is 0 Å². The van der Waals surface area contributed by atoms with Crippen molar-refractivity contribution in [2.24, 2.45) is 0 Å². The Morgan fingerprint density at radius 2 is 2.00 bits per heavy atom. The molecule has 0 saturated carbocycles. The number of hydrogen-bond acceptors (Lipinski definition) is 3. The molecule has 1 unspecified atom stereocenters. The van der Waals surface area contributed by atoms with Gasteiger partial charge in [0.15, 0.2) is 0 Å². The van der Waals surface area contributed by atoms with Gasteiger partial charge in [-0.05, 0) is 31.2 Å². The van der Waals surface area contributed by atoms with E-state index >= 15 is 0 Å². The lowest BCUT2D eigenvalue weighted by Crippen LogP contribution is -2.38. The number of nitrogens with zero attached hydrogens (tertiary/aromatic N) is 1. The molecule has 4 nitrogen and oxygen atoms in total. The summed E-state index contributed by atoms with van der Waals surface area (Å²) >= 11 is 3.52. The Labute approximate surface area is 150 Å². The minimum atomic E-state index is 0.00595. The first-order valence-corrected chi connectivity index (χ1v) is 8.89. The number of nitrogens with one attached hydrogen (secondary N) is 1. The van der Waals surface area contributed by atoms with E-state index in [1.807, 2.05) is 60.5 Å². The minimum Gasteiger partial charge on any atom is -0.488 e. The minimum absolute atomic E-state index is 0.00595. The third-order valence-corrected chi connectivity index (χ3v) is 5.13. The van der Waals surface area contributed by atoms with Crippen LogP contribution < -0.4 is 10.1 Å². The first kappa shape index (κ1) is 17.0. The number of amides is 1. The van der Waals surface area contributed by atoms with E-state index in [0.717, 1.165) is 29.5 Å². The molecule has 2 aromatic rings. The van der Waals surface area contributed by atoms with Crippen LogP contribution in [0.15, 0.2) is 53.0 Å². The van der Waals surface area contributed by atoms with Crippen LogP contribution in [0.1, 0.15) is 22.3 Å². The second kappa shape index (κ2) is 7.81. The molecule has 0 radical (unpaired) electrons. The van der Waals surface area contributed by atoms with E-state index < -0.39 is 0 Å². The van der Waals surface area contributed by atoms with Crippen molar-refractivity contribution in [1.82, 2.24) is 10.2 Å².